The number of anilines is 1. The number of hydrogen-bond acceptors (Lipinski definition) is 2. The lowest BCUT2D eigenvalue weighted by molar-refractivity contribution is 0.711. The lowest BCUT2D eigenvalue weighted by Crippen LogP contribution is -2.00. The zero-order valence-corrected chi connectivity index (χ0v) is 13.1. The van der Waals surface area contributed by atoms with Gasteiger partial charge in [0.2, 0.25) is 0 Å². The highest BCUT2D eigenvalue weighted by atomic mass is 35.5. The molecule has 0 aliphatic carbocycles. The monoisotopic (exact) mass is 311 g/mol. The van der Waals surface area contributed by atoms with Gasteiger partial charge in [-0.15, -0.1) is 0 Å². The lowest BCUT2D eigenvalue weighted by Gasteiger charge is -2.08. The molecule has 0 fully saturated rings. The number of imidazole rings is 1. The smallest absolute Gasteiger partial charge is 0.134 e. The van der Waals surface area contributed by atoms with E-state index in [-0.39, 0.29) is 5.92 Å². The van der Waals surface area contributed by atoms with E-state index in [4.69, 9.17) is 17.3 Å². The SMILES string of the molecule is C[C@@H](Cc1ccccc1)c1nc(-c2ccc(N)cc2)c(Cl)[nH]1. The Hall–Kier alpha value is -2.26. The first-order valence-electron chi connectivity index (χ1n) is 7.28. The minimum absolute atomic E-state index is 0.266. The van der Waals surface area contributed by atoms with Crippen LogP contribution in [0, 0.1) is 0 Å². The maximum atomic E-state index is 6.32. The molecule has 0 saturated heterocycles. The Bertz CT molecular complexity index is 748. The van der Waals surface area contributed by atoms with Crippen LogP contribution in [-0.2, 0) is 6.42 Å². The van der Waals surface area contributed by atoms with Gasteiger partial charge in [-0.1, -0.05) is 61.0 Å². The largest absolute Gasteiger partial charge is 0.399 e. The molecule has 4 heteroatoms. The normalized spacial score (nSPS) is 12.3. The molecule has 0 aliphatic rings. The summed E-state index contributed by atoms with van der Waals surface area (Å²) in [5.41, 5.74) is 9.48. The Balaban J connectivity index is 1.84. The third-order valence-corrected chi connectivity index (χ3v) is 3.99. The van der Waals surface area contributed by atoms with Gasteiger partial charge in [0.25, 0.3) is 0 Å². The van der Waals surface area contributed by atoms with Crippen molar-refractivity contribution in [2.45, 2.75) is 19.3 Å². The van der Waals surface area contributed by atoms with Crippen molar-refractivity contribution in [3.63, 3.8) is 0 Å². The Morgan fingerprint density at radius 1 is 1.09 bits per heavy atom. The van der Waals surface area contributed by atoms with Gasteiger partial charge in [-0.3, -0.25) is 0 Å². The van der Waals surface area contributed by atoms with Gasteiger partial charge in [0.1, 0.15) is 16.7 Å². The first kappa shape index (κ1) is 14.7. The maximum Gasteiger partial charge on any atom is 0.134 e. The molecule has 0 aliphatic heterocycles. The van der Waals surface area contributed by atoms with Crippen molar-refractivity contribution in [1.82, 2.24) is 9.97 Å². The molecule has 1 atom stereocenters. The van der Waals surface area contributed by atoms with E-state index in [0.29, 0.717) is 5.15 Å². The van der Waals surface area contributed by atoms with E-state index in [0.717, 1.165) is 29.2 Å². The first-order valence-corrected chi connectivity index (χ1v) is 7.66. The summed E-state index contributed by atoms with van der Waals surface area (Å²) in [5, 5.41) is 0.569. The van der Waals surface area contributed by atoms with Crippen LogP contribution in [-0.4, -0.2) is 9.97 Å². The van der Waals surface area contributed by atoms with E-state index in [2.05, 4.69) is 41.2 Å². The van der Waals surface area contributed by atoms with Crippen LogP contribution in [0.15, 0.2) is 54.6 Å². The number of hydrogen-bond donors (Lipinski definition) is 2. The van der Waals surface area contributed by atoms with Gasteiger partial charge in [0.15, 0.2) is 0 Å². The Labute approximate surface area is 135 Å². The molecule has 0 radical (unpaired) electrons. The predicted molar refractivity (Wildman–Crippen MR) is 92.0 cm³/mol. The number of halogens is 1. The Kier molecular flexibility index (Phi) is 4.16. The summed E-state index contributed by atoms with van der Waals surface area (Å²) >= 11 is 6.32. The highest BCUT2D eigenvalue weighted by Gasteiger charge is 2.15. The third-order valence-electron chi connectivity index (χ3n) is 3.71. The van der Waals surface area contributed by atoms with E-state index >= 15 is 0 Å². The molecule has 112 valence electrons. The maximum absolute atomic E-state index is 6.32. The fraction of sp³-hybridized carbons (Fsp3) is 0.167. The van der Waals surface area contributed by atoms with Crippen LogP contribution < -0.4 is 5.73 Å². The summed E-state index contributed by atoms with van der Waals surface area (Å²) in [6.45, 7) is 2.15. The van der Waals surface area contributed by atoms with Crippen molar-refractivity contribution in [3.05, 3.63) is 71.1 Å². The summed E-state index contributed by atoms with van der Waals surface area (Å²) < 4.78 is 0. The van der Waals surface area contributed by atoms with Gasteiger partial charge >= 0.3 is 0 Å². The van der Waals surface area contributed by atoms with Crippen LogP contribution in [0.25, 0.3) is 11.3 Å². The molecule has 0 unspecified atom stereocenters. The molecule has 3 N–H and O–H groups in total. The summed E-state index contributed by atoms with van der Waals surface area (Å²) in [6, 6.07) is 18.0. The fourth-order valence-electron chi connectivity index (χ4n) is 2.50. The van der Waals surface area contributed by atoms with Crippen LogP contribution in [0.5, 0.6) is 0 Å². The fourth-order valence-corrected chi connectivity index (χ4v) is 2.75. The van der Waals surface area contributed by atoms with E-state index in [1.807, 2.05) is 30.3 Å². The number of aromatic nitrogens is 2. The number of nitrogens with one attached hydrogen (secondary N) is 1. The summed E-state index contributed by atoms with van der Waals surface area (Å²) in [5.74, 6) is 1.17. The van der Waals surface area contributed by atoms with Crippen LogP contribution in [0.3, 0.4) is 0 Å². The van der Waals surface area contributed by atoms with Gasteiger partial charge in [-0.05, 0) is 24.1 Å². The van der Waals surface area contributed by atoms with Gasteiger partial charge in [0, 0.05) is 17.2 Å². The van der Waals surface area contributed by atoms with Crippen LogP contribution in [0.2, 0.25) is 5.15 Å². The standard InChI is InChI=1S/C18H18ClN3/c1-12(11-13-5-3-2-4-6-13)18-21-16(17(19)22-18)14-7-9-15(20)10-8-14/h2-10,12H,11,20H2,1H3,(H,21,22)/t12-/m0/s1. The van der Waals surface area contributed by atoms with Crippen LogP contribution >= 0.6 is 11.6 Å². The summed E-state index contributed by atoms with van der Waals surface area (Å²) in [4.78, 5) is 7.88. The predicted octanol–water partition coefficient (Wildman–Crippen LogP) is 4.66. The zero-order chi connectivity index (χ0) is 15.5. The molecular weight excluding hydrogens is 294 g/mol. The molecule has 3 rings (SSSR count). The van der Waals surface area contributed by atoms with Crippen molar-refractivity contribution >= 4 is 17.3 Å². The molecular formula is C18H18ClN3. The van der Waals surface area contributed by atoms with Crippen LogP contribution in [0.4, 0.5) is 5.69 Å². The number of H-pyrrole nitrogens is 1. The van der Waals surface area contributed by atoms with E-state index in [1.165, 1.54) is 5.56 Å². The van der Waals surface area contributed by atoms with Crippen LogP contribution in [0.1, 0.15) is 24.2 Å². The van der Waals surface area contributed by atoms with Gasteiger partial charge in [0.05, 0.1) is 0 Å². The molecule has 0 spiro atoms. The second kappa shape index (κ2) is 6.24. The Morgan fingerprint density at radius 2 is 1.77 bits per heavy atom. The highest BCUT2D eigenvalue weighted by Crippen LogP contribution is 2.29. The number of nitrogen functional groups attached to an aromatic ring is 1. The van der Waals surface area contributed by atoms with Crippen molar-refractivity contribution < 1.29 is 0 Å². The average molecular weight is 312 g/mol. The second-order valence-corrected chi connectivity index (χ2v) is 5.88. The number of rotatable bonds is 4. The molecule has 2 aromatic carbocycles. The molecule has 1 heterocycles. The van der Waals surface area contributed by atoms with Gasteiger partial charge in [-0.25, -0.2) is 4.98 Å². The average Bonchev–Trinajstić information content (AvgIpc) is 2.91. The van der Waals surface area contributed by atoms with E-state index < -0.39 is 0 Å². The van der Waals surface area contributed by atoms with Crippen molar-refractivity contribution in [2.24, 2.45) is 0 Å². The summed E-state index contributed by atoms with van der Waals surface area (Å²) in [7, 11) is 0. The molecule has 0 amide bonds. The molecule has 22 heavy (non-hydrogen) atoms. The van der Waals surface area contributed by atoms with Crippen molar-refractivity contribution in [3.8, 4) is 11.3 Å². The second-order valence-electron chi connectivity index (χ2n) is 5.50. The lowest BCUT2D eigenvalue weighted by atomic mass is 10.0. The molecule has 3 aromatic rings. The van der Waals surface area contributed by atoms with E-state index in [1.54, 1.807) is 0 Å². The summed E-state index contributed by atoms with van der Waals surface area (Å²) in [6.07, 6.45) is 0.922. The highest BCUT2D eigenvalue weighted by molar-refractivity contribution is 6.31. The number of nitrogens with zero attached hydrogens (tertiary/aromatic N) is 1. The number of nitrogens with two attached hydrogens (primary N) is 1. The molecule has 1 aromatic heterocycles. The topological polar surface area (TPSA) is 54.7 Å². The van der Waals surface area contributed by atoms with Gasteiger partial charge < -0.3 is 10.7 Å². The number of aromatic amines is 1. The number of benzene rings is 2. The Morgan fingerprint density at radius 3 is 2.45 bits per heavy atom. The quantitative estimate of drug-likeness (QED) is 0.689. The third kappa shape index (κ3) is 3.15. The molecule has 0 bridgehead atoms. The minimum Gasteiger partial charge on any atom is -0.399 e. The van der Waals surface area contributed by atoms with Gasteiger partial charge in [-0.2, -0.15) is 0 Å². The van der Waals surface area contributed by atoms with Crippen molar-refractivity contribution in [2.75, 3.05) is 5.73 Å². The molecule has 0 saturated carbocycles. The van der Waals surface area contributed by atoms with E-state index in [9.17, 15) is 0 Å². The minimum atomic E-state index is 0.266. The van der Waals surface area contributed by atoms with Crippen molar-refractivity contribution in [1.29, 1.82) is 0 Å². The zero-order valence-electron chi connectivity index (χ0n) is 12.4. The molecule has 3 nitrogen and oxygen atoms in total. The first-order chi connectivity index (χ1) is 10.6.